The van der Waals surface area contributed by atoms with E-state index in [0.29, 0.717) is 17.8 Å². The number of aliphatic hydroxyl groups is 1. The lowest BCUT2D eigenvalue weighted by molar-refractivity contribution is -0.620. The highest BCUT2D eigenvalue weighted by Gasteiger charge is 2.07. The van der Waals surface area contributed by atoms with E-state index in [9.17, 15) is 5.21 Å². The van der Waals surface area contributed by atoms with Gasteiger partial charge in [0.25, 0.3) is 0 Å². The molecule has 12 heavy (non-hydrogen) atoms. The molecule has 0 spiro atoms. The molecule has 0 saturated heterocycles. The first-order chi connectivity index (χ1) is 5.65. The van der Waals surface area contributed by atoms with Gasteiger partial charge in [-0.2, -0.15) is 4.73 Å². The third-order valence-electron chi connectivity index (χ3n) is 1.78. The van der Waals surface area contributed by atoms with Gasteiger partial charge in [0.1, 0.15) is 0 Å². The summed E-state index contributed by atoms with van der Waals surface area (Å²) in [5.41, 5.74) is 2.37. The van der Waals surface area contributed by atoms with Gasteiger partial charge < -0.3 is 10.3 Å². The molecule has 0 radical (unpaired) electrons. The van der Waals surface area contributed by atoms with Gasteiger partial charge in [-0.15, -0.1) is 0 Å². The van der Waals surface area contributed by atoms with E-state index in [-0.39, 0.29) is 6.61 Å². The molecule has 3 nitrogen and oxygen atoms in total. The average molecular weight is 167 g/mol. The van der Waals surface area contributed by atoms with Crippen LogP contribution in [0.4, 0.5) is 0 Å². The maximum atomic E-state index is 11.3. The van der Waals surface area contributed by atoms with Crippen LogP contribution in [0.2, 0.25) is 0 Å². The SMILES string of the molecule is Cc1cc(C)[n+]([O-])c(CCO)c1. The van der Waals surface area contributed by atoms with Crippen molar-refractivity contribution in [3.05, 3.63) is 34.3 Å². The minimum atomic E-state index is 0.0190. The summed E-state index contributed by atoms with van der Waals surface area (Å²) in [6.45, 7) is 3.72. The normalized spacial score (nSPS) is 10.2. The Bertz CT molecular complexity index is 284. The van der Waals surface area contributed by atoms with E-state index in [1.165, 1.54) is 0 Å². The van der Waals surface area contributed by atoms with E-state index in [1.54, 1.807) is 13.0 Å². The molecule has 0 aliphatic rings. The van der Waals surface area contributed by atoms with E-state index in [4.69, 9.17) is 5.11 Å². The lowest BCUT2D eigenvalue weighted by Crippen LogP contribution is -2.35. The van der Waals surface area contributed by atoms with E-state index in [0.717, 1.165) is 10.3 Å². The predicted octanol–water partition coefficient (Wildman–Crippen LogP) is 0.472. The van der Waals surface area contributed by atoms with Crippen molar-refractivity contribution in [1.29, 1.82) is 0 Å². The quantitative estimate of drug-likeness (QED) is 0.514. The van der Waals surface area contributed by atoms with Crippen molar-refractivity contribution in [3.8, 4) is 0 Å². The van der Waals surface area contributed by atoms with Crippen LogP contribution in [0.1, 0.15) is 17.0 Å². The Morgan fingerprint density at radius 2 is 2.08 bits per heavy atom. The zero-order valence-electron chi connectivity index (χ0n) is 7.37. The molecule has 0 fully saturated rings. The lowest BCUT2D eigenvalue weighted by atomic mass is 10.2. The summed E-state index contributed by atoms with van der Waals surface area (Å²) in [6.07, 6.45) is 0.423. The topological polar surface area (TPSA) is 47.2 Å². The van der Waals surface area contributed by atoms with Gasteiger partial charge in [0.15, 0.2) is 11.4 Å². The van der Waals surface area contributed by atoms with Crippen molar-refractivity contribution in [2.24, 2.45) is 0 Å². The molecule has 1 aromatic rings. The monoisotopic (exact) mass is 167 g/mol. The number of aromatic nitrogens is 1. The Morgan fingerprint density at radius 1 is 1.42 bits per heavy atom. The second kappa shape index (κ2) is 3.54. The van der Waals surface area contributed by atoms with Gasteiger partial charge in [0.05, 0.1) is 13.0 Å². The molecule has 0 saturated carbocycles. The highest BCUT2D eigenvalue weighted by molar-refractivity contribution is 5.14. The van der Waals surface area contributed by atoms with Crippen LogP contribution in [0, 0.1) is 19.1 Å². The summed E-state index contributed by atoms with van der Waals surface area (Å²) in [7, 11) is 0. The van der Waals surface area contributed by atoms with Crippen LogP contribution in [0.25, 0.3) is 0 Å². The predicted molar refractivity (Wildman–Crippen MR) is 45.7 cm³/mol. The summed E-state index contributed by atoms with van der Waals surface area (Å²) in [5, 5.41) is 20.0. The largest absolute Gasteiger partial charge is 0.618 e. The number of hydrogen-bond donors (Lipinski definition) is 1. The minimum absolute atomic E-state index is 0.0190. The molecule has 1 heterocycles. The lowest BCUT2D eigenvalue weighted by Gasteiger charge is -2.06. The number of rotatable bonds is 2. The molecule has 0 aromatic carbocycles. The smallest absolute Gasteiger partial charge is 0.195 e. The van der Waals surface area contributed by atoms with Crippen LogP contribution < -0.4 is 4.73 Å². The molecular weight excluding hydrogens is 154 g/mol. The average Bonchev–Trinajstić information content (AvgIpc) is 2.00. The van der Waals surface area contributed by atoms with Gasteiger partial charge in [-0.25, -0.2) is 0 Å². The Balaban J connectivity index is 3.09. The zero-order chi connectivity index (χ0) is 9.14. The van der Waals surface area contributed by atoms with Crippen molar-refractivity contribution < 1.29 is 9.84 Å². The summed E-state index contributed by atoms with van der Waals surface area (Å²) >= 11 is 0. The molecule has 3 heteroatoms. The number of hydrogen-bond acceptors (Lipinski definition) is 2. The minimum Gasteiger partial charge on any atom is -0.618 e. The van der Waals surface area contributed by atoms with E-state index in [1.807, 2.05) is 13.0 Å². The first-order valence-corrected chi connectivity index (χ1v) is 3.95. The highest BCUT2D eigenvalue weighted by Crippen LogP contribution is 2.02. The molecule has 66 valence electrons. The standard InChI is InChI=1S/C9H13NO2/c1-7-5-8(2)10(12)9(6-7)3-4-11/h5-6,11H,3-4H2,1-2H3. The van der Waals surface area contributed by atoms with Crippen molar-refractivity contribution in [2.45, 2.75) is 20.3 Å². The summed E-state index contributed by atoms with van der Waals surface area (Å²) in [5.74, 6) is 0. The summed E-state index contributed by atoms with van der Waals surface area (Å²) in [6, 6.07) is 3.63. The van der Waals surface area contributed by atoms with Gasteiger partial charge in [-0.1, -0.05) is 0 Å². The number of nitrogens with zero attached hydrogens (tertiary/aromatic N) is 1. The first kappa shape index (κ1) is 9.00. The molecule has 1 aromatic heterocycles. The Labute approximate surface area is 71.9 Å². The molecule has 1 rings (SSSR count). The third-order valence-corrected chi connectivity index (χ3v) is 1.78. The molecule has 0 unspecified atom stereocenters. The fourth-order valence-electron chi connectivity index (χ4n) is 1.27. The molecule has 0 aliphatic carbocycles. The van der Waals surface area contributed by atoms with Crippen molar-refractivity contribution in [2.75, 3.05) is 6.61 Å². The zero-order valence-corrected chi connectivity index (χ0v) is 7.37. The van der Waals surface area contributed by atoms with Crippen LogP contribution in [-0.2, 0) is 6.42 Å². The molecule has 0 atom stereocenters. The third kappa shape index (κ3) is 1.74. The number of aryl methyl sites for hydroxylation is 2. The Morgan fingerprint density at radius 3 is 2.67 bits per heavy atom. The second-order valence-electron chi connectivity index (χ2n) is 2.93. The highest BCUT2D eigenvalue weighted by atomic mass is 16.5. The van der Waals surface area contributed by atoms with Crippen molar-refractivity contribution in [1.82, 2.24) is 0 Å². The summed E-state index contributed by atoms with van der Waals surface area (Å²) in [4.78, 5) is 0. The van der Waals surface area contributed by atoms with Gasteiger partial charge >= 0.3 is 0 Å². The van der Waals surface area contributed by atoms with Gasteiger partial charge in [0, 0.05) is 19.1 Å². The van der Waals surface area contributed by atoms with E-state index in [2.05, 4.69) is 0 Å². The molecule has 0 bridgehead atoms. The Hall–Kier alpha value is -1.09. The maximum absolute atomic E-state index is 11.3. The number of aliphatic hydroxyl groups excluding tert-OH is 1. The molecule has 0 amide bonds. The van der Waals surface area contributed by atoms with Crippen LogP contribution >= 0.6 is 0 Å². The fraction of sp³-hybridized carbons (Fsp3) is 0.444. The second-order valence-corrected chi connectivity index (χ2v) is 2.93. The number of pyridine rings is 1. The van der Waals surface area contributed by atoms with Crippen molar-refractivity contribution >= 4 is 0 Å². The fourth-order valence-corrected chi connectivity index (χ4v) is 1.27. The van der Waals surface area contributed by atoms with Gasteiger partial charge in [-0.05, 0) is 12.5 Å². The van der Waals surface area contributed by atoms with Gasteiger partial charge in [-0.3, -0.25) is 0 Å². The molecule has 0 aliphatic heterocycles. The van der Waals surface area contributed by atoms with Crippen LogP contribution in [0.3, 0.4) is 0 Å². The maximum Gasteiger partial charge on any atom is 0.195 e. The Kier molecular flexibility index (Phi) is 2.65. The molecular formula is C9H13NO2. The van der Waals surface area contributed by atoms with Crippen LogP contribution in [-0.4, -0.2) is 11.7 Å². The van der Waals surface area contributed by atoms with Gasteiger partial charge in [0.2, 0.25) is 0 Å². The summed E-state index contributed by atoms with van der Waals surface area (Å²) < 4.78 is 0.864. The van der Waals surface area contributed by atoms with Crippen LogP contribution in [0.5, 0.6) is 0 Å². The first-order valence-electron chi connectivity index (χ1n) is 3.95. The van der Waals surface area contributed by atoms with Crippen LogP contribution in [0.15, 0.2) is 12.1 Å². The van der Waals surface area contributed by atoms with Crippen molar-refractivity contribution in [3.63, 3.8) is 0 Å². The van der Waals surface area contributed by atoms with E-state index < -0.39 is 0 Å². The van der Waals surface area contributed by atoms with E-state index >= 15 is 0 Å². The molecule has 1 N–H and O–H groups in total.